The molecule has 0 unspecified atom stereocenters. The summed E-state index contributed by atoms with van der Waals surface area (Å²) in [7, 11) is 3.86. The van der Waals surface area contributed by atoms with Gasteiger partial charge in [-0.3, -0.25) is 0 Å². The van der Waals surface area contributed by atoms with Crippen molar-refractivity contribution >= 4 is 39.0 Å². The largest absolute Gasteiger partial charge is 0.367 e. The Balaban J connectivity index is 1.69. The van der Waals surface area contributed by atoms with Crippen molar-refractivity contribution in [2.75, 3.05) is 26.0 Å². The zero-order chi connectivity index (χ0) is 19.1. The number of fused-ring (bicyclic) bond motifs is 3. The molecule has 0 saturated carbocycles. The first-order chi connectivity index (χ1) is 13.0. The third-order valence-electron chi connectivity index (χ3n) is 5.10. The molecule has 1 atom stereocenters. The second-order valence-corrected chi connectivity index (χ2v) is 8.64. The maximum absolute atomic E-state index is 14.5. The molecule has 0 amide bonds. The van der Waals surface area contributed by atoms with Crippen LogP contribution >= 0.6 is 22.9 Å². The van der Waals surface area contributed by atoms with Gasteiger partial charge in [-0.25, -0.2) is 14.4 Å². The van der Waals surface area contributed by atoms with Crippen LogP contribution in [0, 0.1) is 12.7 Å². The zero-order valence-corrected chi connectivity index (χ0v) is 17.2. The lowest BCUT2D eigenvalue weighted by molar-refractivity contribution is 0.304. The topological polar surface area (TPSA) is 41.1 Å². The zero-order valence-electron chi connectivity index (χ0n) is 15.6. The van der Waals surface area contributed by atoms with E-state index in [0.717, 1.165) is 34.7 Å². The van der Waals surface area contributed by atoms with E-state index < -0.39 is 0 Å². The lowest BCUT2D eigenvalue weighted by Gasteiger charge is -2.26. The van der Waals surface area contributed by atoms with Crippen LogP contribution in [0.25, 0.3) is 10.2 Å². The Morgan fingerprint density at radius 1 is 1.30 bits per heavy atom. The highest BCUT2D eigenvalue weighted by molar-refractivity contribution is 7.19. The van der Waals surface area contributed by atoms with Crippen molar-refractivity contribution < 1.29 is 4.39 Å². The van der Waals surface area contributed by atoms with Crippen LogP contribution in [0.5, 0.6) is 0 Å². The molecule has 0 aliphatic heterocycles. The third kappa shape index (κ3) is 3.42. The van der Waals surface area contributed by atoms with Crippen molar-refractivity contribution in [2.24, 2.45) is 0 Å². The molecule has 1 N–H and O–H groups in total. The van der Waals surface area contributed by atoms with E-state index in [4.69, 9.17) is 11.6 Å². The number of likely N-dealkylation sites (N-methyl/N-ethyl adjacent to an activating group) is 1. The number of halogens is 2. The molecular formula is C20H22ClFN4S. The summed E-state index contributed by atoms with van der Waals surface area (Å²) < 4.78 is 14.5. The van der Waals surface area contributed by atoms with Gasteiger partial charge in [0.25, 0.3) is 0 Å². The van der Waals surface area contributed by atoms with E-state index in [0.29, 0.717) is 17.1 Å². The first-order valence-electron chi connectivity index (χ1n) is 9.08. The van der Waals surface area contributed by atoms with Crippen molar-refractivity contribution in [2.45, 2.75) is 32.2 Å². The Bertz CT molecular complexity index is 981. The van der Waals surface area contributed by atoms with Crippen molar-refractivity contribution in [3.05, 3.63) is 50.9 Å². The molecule has 0 saturated heterocycles. The summed E-state index contributed by atoms with van der Waals surface area (Å²) in [5.41, 5.74) is 1.89. The van der Waals surface area contributed by atoms with Gasteiger partial charge in [0.05, 0.1) is 11.4 Å². The van der Waals surface area contributed by atoms with Crippen LogP contribution in [0.15, 0.2) is 18.2 Å². The number of rotatable bonds is 5. The Morgan fingerprint density at radius 3 is 2.85 bits per heavy atom. The maximum Gasteiger partial charge on any atom is 0.138 e. The molecule has 0 spiro atoms. The number of anilines is 1. The SMILES string of the molecule is Cc1nc(NC[C@H](c2c(F)cccc2Cl)N(C)C)c2c3c(sc2n1)CCC3. The van der Waals surface area contributed by atoms with E-state index in [1.165, 1.54) is 22.9 Å². The summed E-state index contributed by atoms with van der Waals surface area (Å²) >= 11 is 8.09. The van der Waals surface area contributed by atoms with Gasteiger partial charge in [0.15, 0.2) is 0 Å². The summed E-state index contributed by atoms with van der Waals surface area (Å²) in [6.07, 6.45) is 3.39. The van der Waals surface area contributed by atoms with Gasteiger partial charge in [-0.1, -0.05) is 17.7 Å². The van der Waals surface area contributed by atoms with Crippen molar-refractivity contribution in [3.8, 4) is 0 Å². The minimum atomic E-state index is -0.288. The molecule has 1 aliphatic rings. The highest BCUT2D eigenvalue weighted by Gasteiger charge is 2.24. The Kier molecular flexibility index (Phi) is 5.05. The van der Waals surface area contributed by atoms with Crippen LogP contribution in [0.2, 0.25) is 5.02 Å². The highest BCUT2D eigenvalue weighted by Crippen LogP contribution is 2.39. The van der Waals surface area contributed by atoms with E-state index in [1.54, 1.807) is 23.5 Å². The average molecular weight is 405 g/mol. The maximum atomic E-state index is 14.5. The highest BCUT2D eigenvalue weighted by atomic mass is 35.5. The number of thiophene rings is 1. The Labute approximate surface area is 167 Å². The second-order valence-electron chi connectivity index (χ2n) is 7.15. The summed E-state index contributed by atoms with van der Waals surface area (Å²) in [5, 5.41) is 5.04. The van der Waals surface area contributed by atoms with E-state index in [1.807, 2.05) is 25.9 Å². The van der Waals surface area contributed by atoms with E-state index >= 15 is 0 Å². The molecule has 0 radical (unpaired) electrons. The molecule has 2 aromatic heterocycles. The summed E-state index contributed by atoms with van der Waals surface area (Å²) in [5.74, 6) is 1.30. The number of aromatic nitrogens is 2. The quantitative estimate of drug-likeness (QED) is 0.650. The van der Waals surface area contributed by atoms with Crippen LogP contribution in [0.3, 0.4) is 0 Å². The Morgan fingerprint density at radius 2 is 2.11 bits per heavy atom. The van der Waals surface area contributed by atoms with E-state index in [-0.39, 0.29) is 11.9 Å². The van der Waals surface area contributed by atoms with Crippen molar-refractivity contribution in [1.82, 2.24) is 14.9 Å². The molecule has 2 heterocycles. The molecule has 7 heteroatoms. The number of benzene rings is 1. The second kappa shape index (κ2) is 7.34. The monoisotopic (exact) mass is 404 g/mol. The molecule has 4 rings (SSSR count). The van der Waals surface area contributed by atoms with Gasteiger partial charge in [0.2, 0.25) is 0 Å². The molecule has 3 aromatic rings. The summed E-state index contributed by atoms with van der Waals surface area (Å²) in [6, 6.07) is 4.61. The van der Waals surface area contributed by atoms with Crippen LogP contribution in [0.4, 0.5) is 10.2 Å². The lowest BCUT2D eigenvalue weighted by atomic mass is 10.0. The first kappa shape index (κ1) is 18.6. The fourth-order valence-corrected chi connectivity index (χ4v) is 5.39. The van der Waals surface area contributed by atoms with Gasteiger partial charge in [0, 0.05) is 22.0 Å². The van der Waals surface area contributed by atoms with Gasteiger partial charge in [-0.2, -0.15) is 0 Å². The lowest BCUT2D eigenvalue weighted by Crippen LogP contribution is -2.28. The molecule has 0 bridgehead atoms. The van der Waals surface area contributed by atoms with Crippen molar-refractivity contribution in [3.63, 3.8) is 0 Å². The number of hydrogen-bond donors (Lipinski definition) is 1. The number of aryl methyl sites for hydroxylation is 3. The molecule has 27 heavy (non-hydrogen) atoms. The molecule has 1 aromatic carbocycles. The van der Waals surface area contributed by atoms with Gasteiger partial charge in [-0.15, -0.1) is 11.3 Å². The van der Waals surface area contributed by atoms with Crippen LogP contribution < -0.4 is 5.32 Å². The fourth-order valence-electron chi connectivity index (χ4n) is 3.80. The predicted molar refractivity (Wildman–Crippen MR) is 111 cm³/mol. The first-order valence-corrected chi connectivity index (χ1v) is 10.3. The minimum absolute atomic E-state index is 0.212. The number of hydrogen-bond acceptors (Lipinski definition) is 5. The van der Waals surface area contributed by atoms with Gasteiger partial charge in [-0.05, 0) is 58.0 Å². The molecule has 4 nitrogen and oxygen atoms in total. The predicted octanol–water partition coefficient (Wildman–Crippen LogP) is 5.00. The average Bonchev–Trinajstić information content (AvgIpc) is 3.17. The smallest absolute Gasteiger partial charge is 0.138 e. The van der Waals surface area contributed by atoms with Gasteiger partial charge < -0.3 is 10.2 Å². The Hall–Kier alpha value is -1.76. The van der Waals surface area contributed by atoms with E-state index in [2.05, 4.69) is 15.3 Å². The summed E-state index contributed by atoms with van der Waals surface area (Å²) in [4.78, 5) is 13.7. The minimum Gasteiger partial charge on any atom is -0.367 e. The number of nitrogens with one attached hydrogen (secondary N) is 1. The molecule has 0 fully saturated rings. The molecular weight excluding hydrogens is 383 g/mol. The normalized spacial score (nSPS) is 14.7. The van der Waals surface area contributed by atoms with Crippen molar-refractivity contribution in [1.29, 1.82) is 0 Å². The molecule has 1 aliphatic carbocycles. The van der Waals surface area contributed by atoms with Gasteiger partial charge >= 0.3 is 0 Å². The van der Waals surface area contributed by atoms with Gasteiger partial charge in [0.1, 0.15) is 22.3 Å². The summed E-state index contributed by atoms with van der Waals surface area (Å²) in [6.45, 7) is 2.41. The molecule has 142 valence electrons. The fraction of sp³-hybridized carbons (Fsp3) is 0.400. The van der Waals surface area contributed by atoms with Crippen LogP contribution in [-0.2, 0) is 12.8 Å². The van der Waals surface area contributed by atoms with Crippen LogP contribution in [-0.4, -0.2) is 35.5 Å². The van der Waals surface area contributed by atoms with Crippen LogP contribution in [0.1, 0.15) is 34.3 Å². The standard InChI is InChI=1S/C20H22ClFN4S/c1-11-24-19(17-12-6-4-9-16(12)27-20(17)25-11)23-10-15(26(2)3)18-13(21)7-5-8-14(18)22/h5,7-8,15H,4,6,9-10H2,1-3H3,(H,23,24,25)/t15-/m1/s1. The van der Waals surface area contributed by atoms with E-state index in [9.17, 15) is 4.39 Å². The number of nitrogens with zero attached hydrogens (tertiary/aromatic N) is 3. The third-order valence-corrected chi connectivity index (χ3v) is 6.61.